The molecule has 0 atom stereocenters. The molecule has 0 saturated heterocycles. The molecular weight excluding hydrogens is 322 g/mol. The lowest BCUT2D eigenvalue weighted by Crippen LogP contribution is -2.26. The molecule has 0 aliphatic heterocycles. The number of rotatable bonds is 2. The van der Waals surface area contributed by atoms with E-state index < -0.39 is 6.03 Å². The summed E-state index contributed by atoms with van der Waals surface area (Å²) in [7, 11) is 0. The standard InChI is InChI=1S/C18H13N3O2S/c22-17-15-5-1-2-6-16(15)24-21(17)18(23)19-13-7-9-14(10-8-13)20-11-3-4-12-20/h1-12H,(H,19,23). The average molecular weight is 335 g/mol. The molecule has 0 radical (unpaired) electrons. The van der Waals surface area contributed by atoms with E-state index in [0.717, 1.165) is 25.9 Å². The van der Waals surface area contributed by atoms with Crippen molar-refractivity contribution in [1.29, 1.82) is 0 Å². The van der Waals surface area contributed by atoms with Crippen molar-refractivity contribution in [2.75, 3.05) is 5.32 Å². The van der Waals surface area contributed by atoms with Gasteiger partial charge in [-0.05, 0) is 60.1 Å². The van der Waals surface area contributed by atoms with Gasteiger partial charge in [-0.2, -0.15) is 3.96 Å². The number of anilines is 1. The molecule has 0 saturated carbocycles. The van der Waals surface area contributed by atoms with Crippen LogP contribution in [0, 0.1) is 0 Å². The zero-order valence-corrected chi connectivity index (χ0v) is 13.4. The average Bonchev–Trinajstić information content (AvgIpc) is 3.24. The van der Waals surface area contributed by atoms with Gasteiger partial charge in [-0.3, -0.25) is 4.79 Å². The van der Waals surface area contributed by atoms with Crippen molar-refractivity contribution in [1.82, 2.24) is 8.52 Å². The van der Waals surface area contributed by atoms with Gasteiger partial charge in [0.05, 0.1) is 10.1 Å². The highest BCUT2D eigenvalue weighted by molar-refractivity contribution is 7.14. The zero-order valence-electron chi connectivity index (χ0n) is 12.5. The minimum atomic E-state index is -0.449. The molecule has 1 N–H and O–H groups in total. The van der Waals surface area contributed by atoms with E-state index in [1.807, 2.05) is 65.5 Å². The van der Waals surface area contributed by atoms with Crippen LogP contribution >= 0.6 is 11.5 Å². The van der Waals surface area contributed by atoms with Crippen LogP contribution in [0.5, 0.6) is 0 Å². The number of hydrogen-bond donors (Lipinski definition) is 1. The Bertz CT molecular complexity index is 1060. The van der Waals surface area contributed by atoms with Crippen molar-refractivity contribution < 1.29 is 4.79 Å². The molecule has 0 bridgehead atoms. The van der Waals surface area contributed by atoms with Crippen molar-refractivity contribution in [3.63, 3.8) is 0 Å². The van der Waals surface area contributed by atoms with E-state index in [-0.39, 0.29) is 5.56 Å². The highest BCUT2D eigenvalue weighted by atomic mass is 32.1. The predicted octanol–water partition coefficient (Wildman–Crippen LogP) is 3.93. The Morgan fingerprint density at radius 3 is 2.33 bits per heavy atom. The molecule has 0 aliphatic carbocycles. The summed E-state index contributed by atoms with van der Waals surface area (Å²) in [5.74, 6) is 0. The summed E-state index contributed by atoms with van der Waals surface area (Å²) in [4.78, 5) is 24.7. The number of fused-ring (bicyclic) bond motifs is 1. The number of hydrogen-bond acceptors (Lipinski definition) is 3. The fraction of sp³-hybridized carbons (Fsp3) is 0. The normalized spacial score (nSPS) is 10.8. The summed E-state index contributed by atoms with van der Waals surface area (Å²) in [6.07, 6.45) is 3.90. The molecule has 4 rings (SSSR count). The van der Waals surface area contributed by atoms with Gasteiger partial charge in [0.1, 0.15) is 0 Å². The zero-order chi connectivity index (χ0) is 16.5. The van der Waals surface area contributed by atoms with Gasteiger partial charge in [0, 0.05) is 23.8 Å². The van der Waals surface area contributed by atoms with Crippen LogP contribution in [-0.2, 0) is 0 Å². The molecular formula is C18H13N3O2S. The molecule has 2 aromatic heterocycles. The number of carbonyl (C=O) groups excluding carboxylic acids is 1. The SMILES string of the molecule is O=C(Nc1ccc(-n2cccc2)cc1)n1sc2ccccc2c1=O. The number of nitrogens with zero attached hydrogens (tertiary/aromatic N) is 2. The van der Waals surface area contributed by atoms with Crippen molar-refractivity contribution in [3.05, 3.63) is 83.4 Å². The first-order valence-corrected chi connectivity index (χ1v) is 8.15. The summed E-state index contributed by atoms with van der Waals surface area (Å²) >= 11 is 1.14. The highest BCUT2D eigenvalue weighted by Gasteiger charge is 2.13. The quantitative estimate of drug-likeness (QED) is 0.603. The number of carbonyl (C=O) groups is 1. The molecule has 2 aromatic carbocycles. The Kier molecular flexibility index (Phi) is 3.51. The minimum Gasteiger partial charge on any atom is -0.324 e. The fourth-order valence-corrected chi connectivity index (χ4v) is 3.40. The van der Waals surface area contributed by atoms with Crippen LogP contribution in [0.1, 0.15) is 0 Å². The van der Waals surface area contributed by atoms with Crippen LogP contribution in [0.15, 0.2) is 77.9 Å². The summed E-state index contributed by atoms with van der Waals surface area (Å²) in [5.41, 5.74) is 1.34. The lowest BCUT2D eigenvalue weighted by atomic mass is 10.3. The second-order valence-corrected chi connectivity index (χ2v) is 6.24. The van der Waals surface area contributed by atoms with Crippen molar-refractivity contribution in [3.8, 4) is 5.69 Å². The Balaban J connectivity index is 1.59. The second kappa shape index (κ2) is 5.82. The van der Waals surface area contributed by atoms with Crippen LogP contribution in [0.2, 0.25) is 0 Å². The first-order chi connectivity index (χ1) is 11.7. The Morgan fingerprint density at radius 2 is 1.62 bits per heavy atom. The van der Waals surface area contributed by atoms with Crippen molar-refractivity contribution in [2.45, 2.75) is 0 Å². The van der Waals surface area contributed by atoms with Crippen LogP contribution in [-0.4, -0.2) is 14.6 Å². The number of benzene rings is 2. The number of aromatic nitrogens is 2. The topological polar surface area (TPSA) is 56.0 Å². The largest absolute Gasteiger partial charge is 0.342 e. The van der Waals surface area contributed by atoms with Crippen molar-refractivity contribution in [2.24, 2.45) is 0 Å². The van der Waals surface area contributed by atoms with Gasteiger partial charge in [-0.15, -0.1) is 0 Å². The predicted molar refractivity (Wildman–Crippen MR) is 96.3 cm³/mol. The van der Waals surface area contributed by atoms with E-state index in [9.17, 15) is 9.59 Å². The fourth-order valence-electron chi connectivity index (χ4n) is 2.50. The molecule has 1 amide bonds. The molecule has 4 aromatic rings. The summed E-state index contributed by atoms with van der Waals surface area (Å²) in [6.45, 7) is 0. The van der Waals surface area contributed by atoms with E-state index in [4.69, 9.17) is 0 Å². The van der Waals surface area contributed by atoms with E-state index >= 15 is 0 Å². The second-order valence-electron chi connectivity index (χ2n) is 5.25. The maximum atomic E-state index is 12.4. The van der Waals surface area contributed by atoms with Crippen LogP contribution in [0.25, 0.3) is 15.8 Å². The monoisotopic (exact) mass is 335 g/mol. The Labute approximate surface area is 141 Å². The van der Waals surface area contributed by atoms with Crippen LogP contribution < -0.4 is 10.9 Å². The van der Waals surface area contributed by atoms with E-state index in [1.54, 1.807) is 12.1 Å². The van der Waals surface area contributed by atoms with E-state index in [0.29, 0.717) is 11.1 Å². The van der Waals surface area contributed by atoms with Gasteiger partial charge < -0.3 is 9.88 Å². The Morgan fingerprint density at radius 1 is 0.917 bits per heavy atom. The third-order valence-corrected chi connectivity index (χ3v) is 4.76. The van der Waals surface area contributed by atoms with Gasteiger partial charge in [0.25, 0.3) is 5.56 Å². The molecule has 0 fully saturated rings. The van der Waals surface area contributed by atoms with Crippen LogP contribution in [0.4, 0.5) is 10.5 Å². The van der Waals surface area contributed by atoms with Gasteiger partial charge >= 0.3 is 6.03 Å². The molecule has 2 heterocycles. The summed E-state index contributed by atoms with van der Waals surface area (Å²) in [6, 6.07) is 18.1. The molecule has 118 valence electrons. The molecule has 24 heavy (non-hydrogen) atoms. The maximum absolute atomic E-state index is 12.4. The lowest BCUT2D eigenvalue weighted by Gasteiger charge is -2.07. The van der Waals surface area contributed by atoms with Gasteiger partial charge in [0.15, 0.2) is 0 Å². The van der Waals surface area contributed by atoms with Gasteiger partial charge in [-0.1, -0.05) is 12.1 Å². The van der Waals surface area contributed by atoms with Gasteiger partial charge in [-0.25, -0.2) is 4.79 Å². The third-order valence-electron chi connectivity index (χ3n) is 3.70. The van der Waals surface area contributed by atoms with Crippen LogP contribution in [0.3, 0.4) is 0 Å². The first kappa shape index (κ1) is 14.5. The highest BCUT2D eigenvalue weighted by Crippen LogP contribution is 2.17. The minimum absolute atomic E-state index is 0.294. The van der Waals surface area contributed by atoms with E-state index in [2.05, 4.69) is 5.32 Å². The Hall–Kier alpha value is -3.12. The smallest absolute Gasteiger partial charge is 0.324 e. The maximum Gasteiger partial charge on any atom is 0.342 e. The summed E-state index contributed by atoms with van der Waals surface area (Å²) < 4.78 is 3.91. The lowest BCUT2D eigenvalue weighted by molar-refractivity contribution is 0.255. The van der Waals surface area contributed by atoms with E-state index in [1.165, 1.54) is 0 Å². The summed E-state index contributed by atoms with van der Waals surface area (Å²) in [5, 5.41) is 3.31. The molecule has 0 aliphatic rings. The molecule has 5 nitrogen and oxygen atoms in total. The first-order valence-electron chi connectivity index (χ1n) is 7.38. The van der Waals surface area contributed by atoms with Crippen molar-refractivity contribution >= 4 is 33.3 Å². The van der Waals surface area contributed by atoms with Gasteiger partial charge in [0.2, 0.25) is 0 Å². The third kappa shape index (κ3) is 2.53. The number of nitrogens with one attached hydrogen (secondary N) is 1. The molecule has 0 spiro atoms. The molecule has 6 heteroatoms. The number of amides is 1. The molecule has 0 unspecified atom stereocenters.